The van der Waals surface area contributed by atoms with Crippen molar-refractivity contribution in [3.63, 3.8) is 0 Å². The fraction of sp³-hybridized carbons (Fsp3) is 0.400. The fourth-order valence-electron chi connectivity index (χ4n) is 1.87. The molecule has 3 nitrogen and oxygen atoms in total. The van der Waals surface area contributed by atoms with Crippen molar-refractivity contribution in [2.45, 2.75) is 26.4 Å². The Kier molecular flexibility index (Phi) is 4.93. The molecule has 19 heavy (non-hydrogen) atoms. The summed E-state index contributed by atoms with van der Waals surface area (Å²) in [5.74, 6) is 0. The Balaban J connectivity index is 1.86. The molecular weight excluding hydrogens is 254 g/mol. The highest BCUT2D eigenvalue weighted by atomic mass is 32.1. The van der Waals surface area contributed by atoms with E-state index in [1.54, 1.807) is 11.3 Å². The SMILES string of the molecule is CCc1nc(CNCc2cccc(N(C)C)c2)cs1. The van der Waals surface area contributed by atoms with Crippen molar-refractivity contribution in [1.29, 1.82) is 0 Å². The van der Waals surface area contributed by atoms with Crippen LogP contribution in [0.1, 0.15) is 23.2 Å². The van der Waals surface area contributed by atoms with E-state index in [1.165, 1.54) is 16.3 Å². The summed E-state index contributed by atoms with van der Waals surface area (Å²) in [6.07, 6.45) is 1.02. The van der Waals surface area contributed by atoms with Gasteiger partial charge >= 0.3 is 0 Å². The minimum absolute atomic E-state index is 0.836. The van der Waals surface area contributed by atoms with Crippen molar-refractivity contribution in [2.75, 3.05) is 19.0 Å². The lowest BCUT2D eigenvalue weighted by Crippen LogP contribution is -2.14. The van der Waals surface area contributed by atoms with E-state index in [1.807, 2.05) is 0 Å². The van der Waals surface area contributed by atoms with Crippen molar-refractivity contribution >= 4 is 17.0 Å². The number of nitrogens with zero attached hydrogens (tertiary/aromatic N) is 2. The van der Waals surface area contributed by atoms with Gasteiger partial charge in [-0.1, -0.05) is 19.1 Å². The van der Waals surface area contributed by atoms with Crippen LogP contribution in [0.2, 0.25) is 0 Å². The average Bonchev–Trinajstić information content (AvgIpc) is 2.87. The lowest BCUT2D eigenvalue weighted by Gasteiger charge is -2.13. The molecule has 2 rings (SSSR count). The third kappa shape index (κ3) is 4.04. The van der Waals surface area contributed by atoms with E-state index in [0.29, 0.717) is 0 Å². The van der Waals surface area contributed by atoms with Gasteiger partial charge in [0.15, 0.2) is 0 Å². The molecule has 0 saturated heterocycles. The normalized spacial score (nSPS) is 10.7. The molecule has 1 aromatic heterocycles. The molecule has 0 spiro atoms. The van der Waals surface area contributed by atoms with Gasteiger partial charge in [-0.25, -0.2) is 4.98 Å². The maximum absolute atomic E-state index is 4.55. The Bertz CT molecular complexity index is 520. The maximum Gasteiger partial charge on any atom is 0.0926 e. The quantitative estimate of drug-likeness (QED) is 0.878. The summed E-state index contributed by atoms with van der Waals surface area (Å²) in [5.41, 5.74) is 3.68. The first kappa shape index (κ1) is 14.0. The number of benzene rings is 1. The first-order chi connectivity index (χ1) is 9.19. The van der Waals surface area contributed by atoms with E-state index >= 15 is 0 Å². The molecule has 0 aliphatic carbocycles. The van der Waals surface area contributed by atoms with Gasteiger partial charge in [-0.15, -0.1) is 11.3 Å². The minimum atomic E-state index is 0.836. The van der Waals surface area contributed by atoms with Crippen LogP contribution in [-0.4, -0.2) is 19.1 Å². The van der Waals surface area contributed by atoms with Gasteiger partial charge in [-0.2, -0.15) is 0 Å². The Morgan fingerprint density at radius 2 is 2.11 bits per heavy atom. The van der Waals surface area contributed by atoms with Crippen LogP contribution < -0.4 is 10.2 Å². The number of hydrogen-bond donors (Lipinski definition) is 1. The van der Waals surface area contributed by atoms with Gasteiger partial charge in [-0.3, -0.25) is 0 Å². The van der Waals surface area contributed by atoms with Crippen LogP contribution in [0.5, 0.6) is 0 Å². The fourth-order valence-corrected chi connectivity index (χ4v) is 2.62. The predicted octanol–water partition coefficient (Wildman–Crippen LogP) is 3.06. The van der Waals surface area contributed by atoms with Gasteiger partial charge in [0.05, 0.1) is 10.7 Å². The molecule has 2 aromatic rings. The van der Waals surface area contributed by atoms with Crippen LogP contribution in [0.4, 0.5) is 5.69 Å². The number of nitrogens with one attached hydrogen (secondary N) is 1. The summed E-state index contributed by atoms with van der Waals surface area (Å²) in [6.45, 7) is 3.85. The Morgan fingerprint density at radius 3 is 2.79 bits per heavy atom. The van der Waals surface area contributed by atoms with Crippen molar-refractivity contribution in [3.8, 4) is 0 Å². The molecule has 4 heteroatoms. The smallest absolute Gasteiger partial charge is 0.0926 e. The number of aryl methyl sites for hydroxylation is 1. The molecule has 0 radical (unpaired) electrons. The highest BCUT2D eigenvalue weighted by Gasteiger charge is 2.01. The van der Waals surface area contributed by atoms with Crippen LogP contribution in [0.25, 0.3) is 0 Å². The third-order valence-electron chi connectivity index (χ3n) is 2.96. The summed E-state index contributed by atoms with van der Waals surface area (Å²) in [6, 6.07) is 8.59. The Hall–Kier alpha value is -1.39. The van der Waals surface area contributed by atoms with Gasteiger partial charge in [-0.05, 0) is 24.1 Å². The standard InChI is InChI=1S/C15H21N3S/c1-4-15-17-13(11-19-15)10-16-9-12-6-5-7-14(8-12)18(2)3/h5-8,11,16H,4,9-10H2,1-3H3. The Labute approximate surface area is 119 Å². The first-order valence-corrected chi connectivity index (χ1v) is 7.47. The lowest BCUT2D eigenvalue weighted by atomic mass is 10.2. The topological polar surface area (TPSA) is 28.2 Å². The monoisotopic (exact) mass is 275 g/mol. The summed E-state index contributed by atoms with van der Waals surface area (Å²) >= 11 is 1.74. The molecule has 0 aliphatic heterocycles. The third-order valence-corrected chi connectivity index (χ3v) is 4.01. The van der Waals surface area contributed by atoms with E-state index in [9.17, 15) is 0 Å². The number of anilines is 1. The van der Waals surface area contributed by atoms with Crippen LogP contribution in [-0.2, 0) is 19.5 Å². The number of thiazole rings is 1. The molecule has 0 bridgehead atoms. The van der Waals surface area contributed by atoms with Crippen molar-refractivity contribution in [3.05, 3.63) is 45.9 Å². The van der Waals surface area contributed by atoms with Crippen molar-refractivity contribution < 1.29 is 0 Å². The number of aromatic nitrogens is 1. The molecule has 0 unspecified atom stereocenters. The molecular formula is C15H21N3S. The molecule has 0 amide bonds. The summed E-state index contributed by atoms with van der Waals surface area (Å²) in [4.78, 5) is 6.68. The molecule has 1 heterocycles. The van der Waals surface area contributed by atoms with Crippen LogP contribution in [0.3, 0.4) is 0 Å². The van der Waals surface area contributed by atoms with E-state index in [0.717, 1.165) is 25.2 Å². The van der Waals surface area contributed by atoms with E-state index < -0.39 is 0 Å². The van der Waals surface area contributed by atoms with E-state index in [4.69, 9.17) is 0 Å². The van der Waals surface area contributed by atoms with E-state index in [-0.39, 0.29) is 0 Å². The van der Waals surface area contributed by atoms with Crippen LogP contribution in [0.15, 0.2) is 29.6 Å². The molecule has 0 aliphatic rings. The van der Waals surface area contributed by atoms with Gasteiger partial charge in [0.25, 0.3) is 0 Å². The number of hydrogen-bond acceptors (Lipinski definition) is 4. The maximum atomic E-state index is 4.55. The van der Waals surface area contributed by atoms with Crippen LogP contribution >= 0.6 is 11.3 Å². The molecule has 1 N–H and O–H groups in total. The highest BCUT2D eigenvalue weighted by molar-refractivity contribution is 7.09. The zero-order valence-electron chi connectivity index (χ0n) is 11.8. The van der Waals surface area contributed by atoms with Gasteiger partial charge in [0, 0.05) is 38.3 Å². The molecule has 0 atom stereocenters. The zero-order valence-corrected chi connectivity index (χ0v) is 12.6. The van der Waals surface area contributed by atoms with Gasteiger partial charge in [0.1, 0.15) is 0 Å². The van der Waals surface area contributed by atoms with Crippen molar-refractivity contribution in [2.24, 2.45) is 0 Å². The van der Waals surface area contributed by atoms with Gasteiger partial charge in [0.2, 0.25) is 0 Å². The summed E-state index contributed by atoms with van der Waals surface area (Å²) in [7, 11) is 4.13. The predicted molar refractivity (Wildman–Crippen MR) is 82.8 cm³/mol. The minimum Gasteiger partial charge on any atom is -0.378 e. The highest BCUT2D eigenvalue weighted by Crippen LogP contribution is 2.14. The molecule has 0 fully saturated rings. The van der Waals surface area contributed by atoms with Gasteiger partial charge < -0.3 is 10.2 Å². The lowest BCUT2D eigenvalue weighted by molar-refractivity contribution is 0.681. The number of rotatable bonds is 6. The van der Waals surface area contributed by atoms with E-state index in [2.05, 4.69) is 65.9 Å². The molecule has 1 aromatic carbocycles. The second-order valence-corrected chi connectivity index (χ2v) is 5.70. The second kappa shape index (κ2) is 6.68. The molecule has 102 valence electrons. The molecule has 0 saturated carbocycles. The largest absolute Gasteiger partial charge is 0.378 e. The summed E-state index contributed by atoms with van der Waals surface area (Å²) < 4.78 is 0. The summed E-state index contributed by atoms with van der Waals surface area (Å²) in [5, 5.41) is 6.80. The van der Waals surface area contributed by atoms with Crippen LogP contribution in [0, 0.1) is 0 Å². The Morgan fingerprint density at radius 1 is 1.26 bits per heavy atom. The zero-order chi connectivity index (χ0) is 13.7. The average molecular weight is 275 g/mol. The van der Waals surface area contributed by atoms with Crippen molar-refractivity contribution in [1.82, 2.24) is 10.3 Å². The first-order valence-electron chi connectivity index (χ1n) is 6.59. The second-order valence-electron chi connectivity index (χ2n) is 4.75.